The van der Waals surface area contributed by atoms with Crippen LogP contribution in [0.2, 0.25) is 0 Å². The molecule has 0 atom stereocenters. The third-order valence-electron chi connectivity index (χ3n) is 7.09. The number of aryl methyl sites for hydroxylation is 4. The molecule has 3 aromatic carbocycles. The third kappa shape index (κ3) is 8.51. The van der Waals surface area contributed by atoms with E-state index >= 15 is 0 Å². The Morgan fingerprint density at radius 1 is 0.425 bits per heavy atom. The maximum atomic E-state index is 6.26. The zero-order chi connectivity index (χ0) is 26.2. The van der Waals surface area contributed by atoms with Crippen molar-refractivity contribution in [2.45, 2.75) is 38.8 Å². The molecule has 2 heterocycles. The minimum Gasteiger partial charge on any atom is -1.00 e. The lowest BCUT2D eigenvalue weighted by Gasteiger charge is -2.08. The van der Waals surface area contributed by atoms with Crippen LogP contribution in [0, 0.1) is 0 Å². The number of benzene rings is 3. The van der Waals surface area contributed by atoms with Crippen molar-refractivity contribution in [1.29, 1.82) is 0 Å². The number of pyridine rings is 2. The van der Waals surface area contributed by atoms with Crippen LogP contribution < -0.4 is 68.6 Å². The lowest BCUT2D eigenvalue weighted by molar-refractivity contribution is -0.682. The number of anilines is 2. The first-order valence-electron chi connectivity index (χ1n) is 13.4. The topological polar surface area (TPSA) is 59.8 Å². The largest absolute Gasteiger partial charge is 1.00 e. The average Bonchev–Trinajstić information content (AvgIpc) is 2.97. The van der Waals surface area contributed by atoms with E-state index in [1.807, 2.05) is 24.3 Å². The molecule has 0 radical (unpaired) electrons. The van der Waals surface area contributed by atoms with E-state index in [-0.39, 0.29) is 48.0 Å². The predicted molar refractivity (Wildman–Crippen MR) is 156 cm³/mol. The van der Waals surface area contributed by atoms with E-state index in [2.05, 4.69) is 106 Å². The predicted octanol–water partition coefficient (Wildman–Crippen LogP) is 0.0336. The number of rotatable bonds is 10. The summed E-state index contributed by atoms with van der Waals surface area (Å²) in [6.07, 6.45) is 8.46. The fourth-order valence-electron chi connectivity index (χ4n) is 4.88. The van der Waals surface area contributed by atoms with Gasteiger partial charge in [0.15, 0.2) is 0 Å². The van der Waals surface area contributed by atoms with Crippen LogP contribution >= 0.6 is 0 Å². The van der Waals surface area contributed by atoms with Crippen LogP contribution in [-0.4, -0.2) is 0 Å². The number of nitrogens with zero attached hydrogens (tertiary/aromatic N) is 2. The quantitative estimate of drug-likeness (QED) is 0.157. The highest BCUT2D eigenvalue weighted by Crippen LogP contribution is 2.19. The Morgan fingerprint density at radius 3 is 1.18 bits per heavy atom. The molecular weight excluding hydrogens is 718 g/mol. The van der Waals surface area contributed by atoms with Crippen molar-refractivity contribution in [1.82, 2.24) is 0 Å². The van der Waals surface area contributed by atoms with Crippen LogP contribution in [0.25, 0.3) is 22.3 Å². The second-order valence-electron chi connectivity index (χ2n) is 9.83. The number of hydrogen-bond donors (Lipinski definition) is 2. The molecule has 4 nitrogen and oxygen atoms in total. The minimum absolute atomic E-state index is 0. The van der Waals surface area contributed by atoms with E-state index in [0.29, 0.717) is 0 Å². The maximum Gasteiger partial charge on any atom is 0.272 e. The lowest BCUT2D eigenvalue weighted by Crippen LogP contribution is -3.00. The molecule has 4 N–H and O–H groups in total. The highest BCUT2D eigenvalue weighted by atomic mass is 127. The minimum atomic E-state index is 0. The van der Waals surface area contributed by atoms with Crippen LogP contribution in [-0.2, 0) is 25.9 Å². The number of hydrogen-bond acceptors (Lipinski definition) is 2. The molecule has 0 saturated carbocycles. The van der Waals surface area contributed by atoms with Gasteiger partial charge in [0.05, 0.1) is 25.5 Å². The van der Waals surface area contributed by atoms with Gasteiger partial charge in [0.25, 0.3) is 11.6 Å². The second-order valence-corrected chi connectivity index (χ2v) is 9.83. The van der Waals surface area contributed by atoms with Gasteiger partial charge in [-0.05, 0) is 60.1 Å². The van der Waals surface area contributed by atoms with E-state index in [9.17, 15) is 0 Å². The molecule has 0 amide bonds. The number of halogens is 2. The van der Waals surface area contributed by atoms with Gasteiger partial charge in [-0.2, -0.15) is 0 Å². The summed E-state index contributed by atoms with van der Waals surface area (Å²) < 4.78 is 4.32. The van der Waals surface area contributed by atoms with Gasteiger partial charge in [0.1, 0.15) is 0 Å². The summed E-state index contributed by atoms with van der Waals surface area (Å²) in [6.45, 7) is 1.80. The Balaban J connectivity index is 0.00000220. The van der Waals surface area contributed by atoms with Crippen molar-refractivity contribution in [2.24, 2.45) is 0 Å². The van der Waals surface area contributed by atoms with Crippen LogP contribution in [0.15, 0.2) is 122 Å². The average molecular weight is 754 g/mol. The Bertz CT molecular complexity index is 1360. The van der Waals surface area contributed by atoms with Crippen molar-refractivity contribution in [3.63, 3.8) is 0 Å². The molecule has 0 aliphatic carbocycles. The van der Waals surface area contributed by atoms with Gasteiger partial charge in [0.2, 0.25) is 0 Å². The Hall–Kier alpha value is -2.98. The molecule has 206 valence electrons. The third-order valence-corrected chi connectivity index (χ3v) is 7.09. The van der Waals surface area contributed by atoms with E-state index in [1.165, 1.54) is 33.4 Å². The Labute approximate surface area is 272 Å². The maximum absolute atomic E-state index is 6.26. The molecule has 0 fully saturated rings. The molecule has 40 heavy (non-hydrogen) atoms. The van der Waals surface area contributed by atoms with E-state index in [4.69, 9.17) is 11.5 Å². The van der Waals surface area contributed by atoms with Crippen LogP contribution in [0.4, 0.5) is 11.6 Å². The van der Waals surface area contributed by atoms with Crippen LogP contribution in [0.3, 0.4) is 0 Å². The summed E-state index contributed by atoms with van der Waals surface area (Å²) in [5.74, 6) is 1.60. The molecule has 0 bridgehead atoms. The zero-order valence-corrected chi connectivity index (χ0v) is 26.9. The summed E-state index contributed by atoms with van der Waals surface area (Å²) in [6, 6.07) is 38.1. The molecule has 0 unspecified atom stereocenters. The van der Waals surface area contributed by atoms with Gasteiger partial charge in [-0.25, -0.2) is 9.13 Å². The SMILES string of the molecule is Nc1ccc(-c2ccccc2)c[n+]1CCCc1ccc(CCC[n+]2cc(-c3ccccc3)ccc2N)cc1.[I-].[I-]. The summed E-state index contributed by atoms with van der Waals surface area (Å²) >= 11 is 0. The summed E-state index contributed by atoms with van der Waals surface area (Å²) in [5.41, 5.74) is 20.0. The van der Waals surface area contributed by atoms with Crippen LogP contribution in [0.1, 0.15) is 24.0 Å². The fourth-order valence-corrected chi connectivity index (χ4v) is 4.88. The highest BCUT2D eigenvalue weighted by molar-refractivity contribution is 5.62. The summed E-state index contributed by atoms with van der Waals surface area (Å²) in [5, 5.41) is 0. The molecule has 0 spiro atoms. The van der Waals surface area contributed by atoms with Crippen molar-refractivity contribution in [3.05, 3.63) is 133 Å². The normalized spacial score (nSPS) is 10.4. The first-order valence-corrected chi connectivity index (χ1v) is 13.4. The van der Waals surface area contributed by atoms with Crippen molar-refractivity contribution < 1.29 is 57.1 Å². The molecule has 0 aliphatic heterocycles. The second kappa shape index (κ2) is 15.7. The van der Waals surface area contributed by atoms with Gasteiger partial charge in [0, 0.05) is 23.3 Å². The lowest BCUT2D eigenvalue weighted by atomic mass is 10.0. The fraction of sp³-hybridized carbons (Fsp3) is 0.176. The molecular formula is C34H36I2N4. The van der Waals surface area contributed by atoms with Gasteiger partial charge in [-0.3, -0.25) is 11.5 Å². The number of nitrogen functional groups attached to an aromatic ring is 2. The van der Waals surface area contributed by atoms with Gasteiger partial charge >= 0.3 is 0 Å². The molecule has 6 heteroatoms. The van der Waals surface area contributed by atoms with Crippen molar-refractivity contribution >= 4 is 11.6 Å². The highest BCUT2D eigenvalue weighted by Gasteiger charge is 2.09. The summed E-state index contributed by atoms with van der Waals surface area (Å²) in [4.78, 5) is 0. The smallest absolute Gasteiger partial charge is 0.272 e. The van der Waals surface area contributed by atoms with Crippen LogP contribution in [0.5, 0.6) is 0 Å². The van der Waals surface area contributed by atoms with Gasteiger partial charge in [-0.15, -0.1) is 0 Å². The van der Waals surface area contributed by atoms with E-state index in [1.54, 1.807) is 0 Å². The molecule has 2 aromatic heterocycles. The molecule has 0 aliphatic rings. The number of nitrogens with two attached hydrogens (primary N) is 2. The molecule has 5 rings (SSSR count). The van der Waals surface area contributed by atoms with Crippen molar-refractivity contribution in [2.75, 3.05) is 11.5 Å². The molecule has 5 aromatic rings. The van der Waals surface area contributed by atoms with Gasteiger partial charge in [-0.1, -0.05) is 84.9 Å². The van der Waals surface area contributed by atoms with E-state index < -0.39 is 0 Å². The monoisotopic (exact) mass is 754 g/mol. The standard InChI is InChI=1S/C34H34N4.2HI/c35-33-21-19-31(29-11-3-1-4-12-29)25-37(33)23-7-9-27-15-17-28(18-16-27)10-8-24-38-26-32(20-22-34(38)36)30-13-5-2-6-14-30;;/h1-6,11-22,25-26,35-36H,7-10,23-24H2;2*1H. The zero-order valence-electron chi connectivity index (χ0n) is 22.6. The Morgan fingerprint density at radius 2 is 0.800 bits per heavy atom. The first kappa shape index (κ1) is 31.5. The molecule has 0 saturated heterocycles. The number of aromatic nitrogens is 2. The summed E-state index contributed by atoms with van der Waals surface area (Å²) in [7, 11) is 0. The van der Waals surface area contributed by atoms with Gasteiger partial charge < -0.3 is 48.0 Å². The van der Waals surface area contributed by atoms with Crippen molar-refractivity contribution in [3.8, 4) is 22.3 Å². The van der Waals surface area contributed by atoms with E-state index in [0.717, 1.165) is 50.4 Å². The first-order chi connectivity index (χ1) is 18.7. The Kier molecular flexibility index (Phi) is 12.4.